The van der Waals surface area contributed by atoms with Gasteiger partial charge in [-0.25, -0.2) is 0 Å². The Morgan fingerprint density at radius 3 is 1.60 bits per heavy atom. The first-order valence-corrected chi connectivity index (χ1v) is 4.84. The van der Waals surface area contributed by atoms with E-state index < -0.39 is 0 Å². The van der Waals surface area contributed by atoms with Crippen LogP contribution in [0.1, 0.15) is 39.0 Å². The maximum Gasteiger partial charge on any atom is -0.0212 e. The number of hydrogen-bond acceptors (Lipinski definition) is 0. The van der Waals surface area contributed by atoms with Crippen LogP contribution < -0.4 is 0 Å². The van der Waals surface area contributed by atoms with Crippen molar-refractivity contribution in [2.45, 2.75) is 39.0 Å². The molecule has 0 saturated heterocycles. The quantitative estimate of drug-likeness (QED) is 0.547. The van der Waals surface area contributed by atoms with Gasteiger partial charge in [0.1, 0.15) is 0 Å². The average Bonchev–Trinajstić information content (AvgIpc) is 2.71. The Balaban J connectivity index is 1.83. The second kappa shape index (κ2) is 1.44. The summed E-state index contributed by atoms with van der Waals surface area (Å²) in [7, 11) is 0. The molecule has 0 aromatic heterocycles. The Kier molecular flexibility index (Phi) is 0.810. The Hall–Kier alpha value is 0. The van der Waals surface area contributed by atoms with Crippen LogP contribution in [0.2, 0.25) is 0 Å². The highest BCUT2D eigenvalue weighted by Gasteiger charge is 2.65. The lowest BCUT2D eigenvalue weighted by Gasteiger charge is -2.13. The fraction of sp³-hybridized carbons (Fsp3) is 1.00. The average molecular weight is 136 g/mol. The molecular weight excluding hydrogens is 120 g/mol. The van der Waals surface area contributed by atoms with Gasteiger partial charge in [-0.3, -0.25) is 0 Å². The Labute approximate surface area is 63.0 Å². The van der Waals surface area contributed by atoms with Crippen molar-refractivity contribution in [3.63, 3.8) is 0 Å². The van der Waals surface area contributed by atoms with Crippen molar-refractivity contribution in [3.8, 4) is 0 Å². The summed E-state index contributed by atoms with van der Waals surface area (Å²) in [6.07, 6.45) is 7.87. The molecule has 0 bridgehead atoms. The minimum Gasteiger partial charge on any atom is -0.0619 e. The largest absolute Gasteiger partial charge is 0.0619 e. The van der Waals surface area contributed by atoms with Crippen molar-refractivity contribution < 1.29 is 0 Å². The third-order valence-electron chi connectivity index (χ3n) is 4.09. The van der Waals surface area contributed by atoms with Gasteiger partial charge in [-0.2, -0.15) is 0 Å². The smallest absolute Gasteiger partial charge is 0.0212 e. The van der Waals surface area contributed by atoms with Gasteiger partial charge in [0.05, 0.1) is 0 Å². The lowest BCUT2D eigenvalue weighted by Crippen LogP contribution is -2.08. The highest BCUT2D eigenvalue weighted by molar-refractivity contribution is 5.14. The normalized spacial score (nSPS) is 43.5. The summed E-state index contributed by atoms with van der Waals surface area (Å²) in [6.45, 7) is 2.47. The van der Waals surface area contributed by atoms with E-state index in [1.807, 2.05) is 0 Å². The summed E-state index contributed by atoms with van der Waals surface area (Å²) in [5.41, 5.74) is 0.931. The molecule has 0 heteroatoms. The van der Waals surface area contributed by atoms with Gasteiger partial charge in [0.2, 0.25) is 0 Å². The summed E-state index contributed by atoms with van der Waals surface area (Å²) in [6, 6.07) is 0. The molecule has 3 fully saturated rings. The molecule has 3 aliphatic rings. The second-order valence-electron chi connectivity index (χ2n) is 4.77. The van der Waals surface area contributed by atoms with Crippen LogP contribution in [-0.2, 0) is 0 Å². The zero-order valence-corrected chi connectivity index (χ0v) is 6.77. The SMILES string of the molecule is CC1CC1(C1CC1)C1CC1. The monoisotopic (exact) mass is 136 g/mol. The Bertz CT molecular complexity index is 151. The third kappa shape index (κ3) is 0.538. The zero-order chi connectivity index (χ0) is 6.77. The molecular formula is C10H16. The van der Waals surface area contributed by atoms with E-state index in [4.69, 9.17) is 0 Å². The first kappa shape index (κ1) is 5.62. The lowest BCUT2D eigenvalue weighted by atomic mass is 9.92. The van der Waals surface area contributed by atoms with Crippen LogP contribution in [0.15, 0.2) is 0 Å². The Morgan fingerprint density at radius 1 is 1.00 bits per heavy atom. The first-order valence-electron chi connectivity index (χ1n) is 4.84. The van der Waals surface area contributed by atoms with Crippen LogP contribution in [0.25, 0.3) is 0 Å². The van der Waals surface area contributed by atoms with Gasteiger partial charge in [0.25, 0.3) is 0 Å². The molecule has 0 aromatic rings. The van der Waals surface area contributed by atoms with Crippen LogP contribution in [0, 0.1) is 23.2 Å². The van der Waals surface area contributed by atoms with Gasteiger partial charge < -0.3 is 0 Å². The highest BCUT2D eigenvalue weighted by Crippen LogP contribution is 2.74. The van der Waals surface area contributed by atoms with Crippen LogP contribution in [0.5, 0.6) is 0 Å². The van der Waals surface area contributed by atoms with Gasteiger partial charge >= 0.3 is 0 Å². The van der Waals surface area contributed by atoms with Crippen molar-refractivity contribution in [2.75, 3.05) is 0 Å². The summed E-state index contributed by atoms with van der Waals surface area (Å²) in [4.78, 5) is 0. The minimum atomic E-state index is 0.931. The van der Waals surface area contributed by atoms with E-state index in [9.17, 15) is 0 Å². The summed E-state index contributed by atoms with van der Waals surface area (Å²) >= 11 is 0. The van der Waals surface area contributed by atoms with Gasteiger partial charge in [-0.1, -0.05) is 6.92 Å². The fourth-order valence-corrected chi connectivity index (χ4v) is 3.18. The van der Waals surface area contributed by atoms with Gasteiger partial charge in [-0.05, 0) is 55.3 Å². The molecule has 0 heterocycles. The molecule has 3 saturated carbocycles. The first-order chi connectivity index (χ1) is 4.84. The fourth-order valence-electron chi connectivity index (χ4n) is 3.18. The lowest BCUT2D eigenvalue weighted by molar-refractivity contribution is 0.347. The molecule has 3 aliphatic carbocycles. The second-order valence-corrected chi connectivity index (χ2v) is 4.77. The molecule has 3 rings (SSSR count). The van der Waals surface area contributed by atoms with E-state index in [1.54, 1.807) is 32.1 Å². The van der Waals surface area contributed by atoms with E-state index in [1.165, 1.54) is 11.8 Å². The van der Waals surface area contributed by atoms with Crippen molar-refractivity contribution in [1.82, 2.24) is 0 Å². The molecule has 1 unspecified atom stereocenters. The number of rotatable bonds is 2. The van der Waals surface area contributed by atoms with Gasteiger partial charge in [0, 0.05) is 0 Å². The topological polar surface area (TPSA) is 0 Å². The zero-order valence-electron chi connectivity index (χ0n) is 6.77. The van der Waals surface area contributed by atoms with Crippen LogP contribution in [0.4, 0.5) is 0 Å². The maximum absolute atomic E-state index is 2.47. The predicted octanol–water partition coefficient (Wildman–Crippen LogP) is 2.83. The van der Waals surface area contributed by atoms with Crippen molar-refractivity contribution >= 4 is 0 Å². The van der Waals surface area contributed by atoms with Crippen molar-refractivity contribution in [2.24, 2.45) is 23.2 Å². The molecule has 0 aliphatic heterocycles. The van der Waals surface area contributed by atoms with E-state index >= 15 is 0 Å². The van der Waals surface area contributed by atoms with Gasteiger partial charge in [-0.15, -0.1) is 0 Å². The van der Waals surface area contributed by atoms with Crippen molar-refractivity contribution in [3.05, 3.63) is 0 Å². The minimum absolute atomic E-state index is 0.931. The van der Waals surface area contributed by atoms with Crippen LogP contribution in [0.3, 0.4) is 0 Å². The molecule has 0 radical (unpaired) electrons. The molecule has 0 aromatic carbocycles. The molecule has 0 N–H and O–H groups in total. The Morgan fingerprint density at radius 2 is 1.40 bits per heavy atom. The summed E-state index contributed by atoms with van der Waals surface area (Å²) in [5.74, 6) is 3.48. The molecule has 1 atom stereocenters. The highest BCUT2D eigenvalue weighted by atomic mass is 14.7. The predicted molar refractivity (Wildman–Crippen MR) is 41.7 cm³/mol. The maximum atomic E-state index is 2.47. The van der Waals surface area contributed by atoms with Crippen molar-refractivity contribution in [1.29, 1.82) is 0 Å². The molecule has 0 spiro atoms. The number of hydrogen-bond donors (Lipinski definition) is 0. The van der Waals surface area contributed by atoms with Crippen LogP contribution in [-0.4, -0.2) is 0 Å². The molecule has 0 amide bonds. The third-order valence-corrected chi connectivity index (χ3v) is 4.09. The molecule has 56 valence electrons. The molecule has 0 nitrogen and oxygen atoms in total. The van der Waals surface area contributed by atoms with Crippen LogP contribution >= 0.6 is 0 Å². The summed E-state index contributed by atoms with van der Waals surface area (Å²) in [5, 5.41) is 0. The van der Waals surface area contributed by atoms with E-state index in [2.05, 4.69) is 6.92 Å². The molecule has 10 heavy (non-hydrogen) atoms. The standard InChI is InChI=1S/C10H16/c1-7-6-10(7,8-2-3-8)9-4-5-9/h7-9H,2-6H2,1H3. The van der Waals surface area contributed by atoms with Gasteiger partial charge in [0.15, 0.2) is 0 Å². The van der Waals surface area contributed by atoms with E-state index in [0.29, 0.717) is 0 Å². The summed E-state index contributed by atoms with van der Waals surface area (Å²) < 4.78 is 0. The van der Waals surface area contributed by atoms with E-state index in [-0.39, 0.29) is 0 Å². The van der Waals surface area contributed by atoms with E-state index in [0.717, 1.165) is 11.3 Å².